The highest BCUT2D eigenvalue weighted by Crippen LogP contribution is 2.54. The topological polar surface area (TPSA) is 12.0 Å². The molecule has 0 spiro atoms. The van der Waals surface area contributed by atoms with Gasteiger partial charge >= 0.3 is 0 Å². The molecule has 0 radical (unpaired) electrons. The van der Waals surface area contributed by atoms with Crippen LogP contribution in [0.25, 0.3) is 0 Å². The molecule has 1 heteroatoms. The molecule has 1 aromatic rings. The van der Waals surface area contributed by atoms with Crippen LogP contribution in [-0.4, -0.2) is 5.54 Å². The van der Waals surface area contributed by atoms with E-state index in [0.717, 1.165) is 5.92 Å². The zero-order valence-corrected chi connectivity index (χ0v) is 7.96. The van der Waals surface area contributed by atoms with Crippen molar-refractivity contribution in [1.29, 1.82) is 0 Å². The molecule has 1 saturated carbocycles. The number of benzene rings is 1. The molecule has 3 rings (SSSR count). The van der Waals surface area contributed by atoms with Crippen LogP contribution in [0.15, 0.2) is 30.3 Å². The average Bonchev–Trinajstić information content (AvgIpc) is 2.67. The van der Waals surface area contributed by atoms with Gasteiger partial charge in [0.05, 0.1) is 0 Å². The van der Waals surface area contributed by atoms with E-state index in [1.807, 2.05) is 0 Å². The molecule has 2 fully saturated rings. The molecule has 1 N–H and O–H groups in total. The van der Waals surface area contributed by atoms with Crippen LogP contribution in [0, 0.1) is 5.92 Å². The van der Waals surface area contributed by atoms with Gasteiger partial charge in [0.25, 0.3) is 0 Å². The molecule has 0 unspecified atom stereocenters. The highest BCUT2D eigenvalue weighted by molar-refractivity contribution is 5.25. The largest absolute Gasteiger partial charge is 0.304 e. The lowest BCUT2D eigenvalue weighted by molar-refractivity contribution is 0.506. The summed E-state index contributed by atoms with van der Waals surface area (Å²) in [7, 11) is 0. The zero-order valence-electron chi connectivity index (χ0n) is 7.96. The molecule has 1 aromatic carbocycles. The van der Waals surface area contributed by atoms with Crippen molar-refractivity contribution in [2.24, 2.45) is 5.92 Å². The van der Waals surface area contributed by atoms with E-state index in [9.17, 15) is 0 Å². The van der Waals surface area contributed by atoms with Crippen molar-refractivity contribution in [2.75, 3.05) is 0 Å². The molecule has 1 saturated heterocycles. The number of hydrogen-bond acceptors (Lipinski definition) is 1. The van der Waals surface area contributed by atoms with Gasteiger partial charge < -0.3 is 5.32 Å². The number of hydrogen-bond donors (Lipinski definition) is 1. The van der Waals surface area contributed by atoms with Gasteiger partial charge in [0.2, 0.25) is 0 Å². The molecule has 68 valence electrons. The Balaban J connectivity index is 1.82. The number of rotatable bonds is 1. The van der Waals surface area contributed by atoms with E-state index in [4.69, 9.17) is 0 Å². The van der Waals surface area contributed by atoms with Crippen LogP contribution in [0.3, 0.4) is 0 Å². The molecule has 1 nitrogen and oxygen atoms in total. The number of piperidine rings is 1. The van der Waals surface area contributed by atoms with Crippen molar-refractivity contribution in [2.45, 2.75) is 31.3 Å². The van der Waals surface area contributed by atoms with Crippen molar-refractivity contribution in [3.8, 4) is 0 Å². The standard InChI is InChI=1S/C12H15N/c1-12-8-10(12)7-11(13-12)9-5-3-2-4-6-9/h2-6,10-11,13H,7-8H2,1H3/t10-,11-,12+/m1/s1. The lowest BCUT2D eigenvalue weighted by Crippen LogP contribution is -2.27. The third-order valence-corrected chi connectivity index (χ3v) is 3.64. The van der Waals surface area contributed by atoms with Crippen LogP contribution in [0.5, 0.6) is 0 Å². The third-order valence-electron chi connectivity index (χ3n) is 3.64. The number of fused-ring (bicyclic) bond motifs is 1. The molecule has 0 aromatic heterocycles. The van der Waals surface area contributed by atoms with Gasteiger partial charge in [-0.1, -0.05) is 30.3 Å². The fraction of sp³-hybridized carbons (Fsp3) is 0.500. The van der Waals surface area contributed by atoms with E-state index in [1.165, 1.54) is 18.4 Å². The maximum atomic E-state index is 3.72. The van der Waals surface area contributed by atoms with E-state index in [0.29, 0.717) is 11.6 Å². The molecular weight excluding hydrogens is 158 g/mol. The quantitative estimate of drug-likeness (QED) is 0.688. The van der Waals surface area contributed by atoms with Gasteiger partial charge in [0.15, 0.2) is 0 Å². The Morgan fingerprint density at radius 1 is 1.31 bits per heavy atom. The molecular formula is C12H15N. The first kappa shape index (κ1) is 7.57. The van der Waals surface area contributed by atoms with Gasteiger partial charge in [-0.25, -0.2) is 0 Å². The summed E-state index contributed by atoms with van der Waals surface area (Å²) in [5.41, 5.74) is 1.94. The maximum absolute atomic E-state index is 3.72. The Morgan fingerprint density at radius 2 is 2.08 bits per heavy atom. The lowest BCUT2D eigenvalue weighted by Gasteiger charge is -2.16. The predicted molar refractivity (Wildman–Crippen MR) is 53.4 cm³/mol. The van der Waals surface area contributed by atoms with Gasteiger partial charge in [-0.3, -0.25) is 0 Å². The van der Waals surface area contributed by atoms with Crippen LogP contribution < -0.4 is 5.32 Å². The van der Waals surface area contributed by atoms with E-state index < -0.39 is 0 Å². The van der Waals surface area contributed by atoms with Crippen LogP contribution in [0.4, 0.5) is 0 Å². The minimum absolute atomic E-state index is 0.487. The summed E-state index contributed by atoms with van der Waals surface area (Å²) in [6, 6.07) is 11.4. The Morgan fingerprint density at radius 3 is 2.69 bits per heavy atom. The number of nitrogens with one attached hydrogen (secondary N) is 1. The van der Waals surface area contributed by atoms with Crippen LogP contribution in [-0.2, 0) is 0 Å². The molecule has 13 heavy (non-hydrogen) atoms. The van der Waals surface area contributed by atoms with Crippen molar-refractivity contribution >= 4 is 0 Å². The van der Waals surface area contributed by atoms with Gasteiger partial charge in [-0.15, -0.1) is 0 Å². The van der Waals surface area contributed by atoms with Gasteiger partial charge in [0, 0.05) is 11.6 Å². The molecule has 2 aliphatic rings. The second-order valence-electron chi connectivity index (χ2n) is 4.66. The average molecular weight is 173 g/mol. The predicted octanol–water partition coefficient (Wildman–Crippen LogP) is 2.50. The summed E-state index contributed by atoms with van der Waals surface area (Å²) in [5.74, 6) is 0.942. The summed E-state index contributed by atoms with van der Waals surface area (Å²) in [6.07, 6.45) is 2.72. The Labute approximate surface area is 79.2 Å². The van der Waals surface area contributed by atoms with Crippen molar-refractivity contribution in [3.63, 3.8) is 0 Å². The van der Waals surface area contributed by atoms with E-state index >= 15 is 0 Å². The van der Waals surface area contributed by atoms with Crippen molar-refractivity contribution < 1.29 is 0 Å². The molecule has 0 bridgehead atoms. The molecule has 0 amide bonds. The van der Waals surface area contributed by atoms with Crippen LogP contribution >= 0.6 is 0 Å². The molecule has 1 heterocycles. The Kier molecular flexibility index (Phi) is 1.37. The monoisotopic (exact) mass is 173 g/mol. The van der Waals surface area contributed by atoms with E-state index in [1.54, 1.807) is 0 Å². The Hall–Kier alpha value is -0.820. The fourth-order valence-electron chi connectivity index (χ4n) is 2.62. The van der Waals surface area contributed by atoms with Crippen molar-refractivity contribution in [1.82, 2.24) is 5.32 Å². The lowest BCUT2D eigenvalue weighted by atomic mass is 10.0. The summed E-state index contributed by atoms with van der Waals surface area (Å²) in [5, 5.41) is 3.72. The Bertz CT molecular complexity index is 319. The third kappa shape index (κ3) is 1.11. The van der Waals surface area contributed by atoms with Crippen LogP contribution in [0.2, 0.25) is 0 Å². The molecule has 1 aliphatic heterocycles. The minimum Gasteiger partial charge on any atom is -0.304 e. The first-order chi connectivity index (χ1) is 6.28. The SMILES string of the molecule is C[C@]12C[C@H]1C[C@H](c1ccccc1)N2. The minimum atomic E-state index is 0.487. The highest BCUT2D eigenvalue weighted by Gasteiger charge is 2.56. The van der Waals surface area contributed by atoms with Crippen molar-refractivity contribution in [3.05, 3.63) is 35.9 Å². The molecule has 1 aliphatic carbocycles. The normalized spacial score (nSPS) is 41.6. The van der Waals surface area contributed by atoms with Gasteiger partial charge in [-0.05, 0) is 31.2 Å². The van der Waals surface area contributed by atoms with E-state index in [2.05, 4.69) is 42.6 Å². The van der Waals surface area contributed by atoms with E-state index in [-0.39, 0.29) is 0 Å². The summed E-state index contributed by atoms with van der Waals surface area (Å²) >= 11 is 0. The van der Waals surface area contributed by atoms with Gasteiger partial charge in [-0.2, -0.15) is 0 Å². The second kappa shape index (κ2) is 2.36. The first-order valence-corrected chi connectivity index (χ1v) is 5.11. The van der Waals surface area contributed by atoms with Gasteiger partial charge in [0.1, 0.15) is 0 Å². The fourth-order valence-corrected chi connectivity index (χ4v) is 2.62. The second-order valence-corrected chi connectivity index (χ2v) is 4.66. The zero-order chi connectivity index (χ0) is 8.89. The summed E-state index contributed by atoms with van der Waals surface area (Å²) in [6.45, 7) is 2.35. The maximum Gasteiger partial charge on any atom is 0.0328 e. The molecule has 3 atom stereocenters. The summed E-state index contributed by atoms with van der Waals surface area (Å²) in [4.78, 5) is 0. The summed E-state index contributed by atoms with van der Waals surface area (Å²) < 4.78 is 0. The smallest absolute Gasteiger partial charge is 0.0328 e. The highest BCUT2D eigenvalue weighted by atomic mass is 15.1. The first-order valence-electron chi connectivity index (χ1n) is 5.11. The van der Waals surface area contributed by atoms with Crippen LogP contribution in [0.1, 0.15) is 31.4 Å².